The maximum Gasteiger partial charge on any atom is 0.321 e. The molecule has 0 bridgehead atoms. The van der Waals surface area contributed by atoms with E-state index in [0.717, 1.165) is 12.5 Å². The summed E-state index contributed by atoms with van der Waals surface area (Å²) in [6.07, 6.45) is 1.43. The molecule has 1 aromatic carbocycles. The third-order valence-corrected chi connectivity index (χ3v) is 6.02. The molecule has 0 heterocycles. The average molecular weight is 364 g/mol. The number of carboxylic acids is 1. The van der Waals surface area contributed by atoms with Crippen molar-refractivity contribution in [2.24, 2.45) is 0 Å². The van der Waals surface area contributed by atoms with Gasteiger partial charge in [0.1, 0.15) is 6.04 Å². The molecule has 8 nitrogen and oxygen atoms in total. The highest BCUT2D eigenvalue weighted by Crippen LogP contribution is 2.16. The Morgan fingerprint density at radius 1 is 1.17 bits per heavy atom. The molecule has 130 valence electrons. The predicted molar refractivity (Wildman–Crippen MR) is 84.0 cm³/mol. The first-order chi connectivity index (χ1) is 10.6. The summed E-state index contributed by atoms with van der Waals surface area (Å²) < 4.78 is 52.2. The van der Waals surface area contributed by atoms with Crippen molar-refractivity contribution in [3.8, 4) is 0 Å². The van der Waals surface area contributed by atoms with Crippen molar-refractivity contribution in [2.75, 3.05) is 7.05 Å². The van der Waals surface area contributed by atoms with Crippen molar-refractivity contribution < 1.29 is 26.7 Å². The number of nitrogens with one attached hydrogen (secondary N) is 2. The van der Waals surface area contributed by atoms with Gasteiger partial charge < -0.3 is 5.11 Å². The molecule has 0 saturated carbocycles. The van der Waals surface area contributed by atoms with Gasteiger partial charge in [-0.2, -0.15) is 4.72 Å². The topological polar surface area (TPSA) is 130 Å². The molecule has 1 unspecified atom stereocenters. The van der Waals surface area contributed by atoms with Gasteiger partial charge in [0.2, 0.25) is 20.0 Å². The van der Waals surface area contributed by atoms with E-state index in [1.54, 1.807) is 0 Å². The van der Waals surface area contributed by atoms with E-state index in [1.807, 2.05) is 6.92 Å². The highest BCUT2D eigenvalue weighted by Gasteiger charge is 2.26. The Labute approximate surface area is 136 Å². The Kier molecular flexibility index (Phi) is 6.69. The minimum Gasteiger partial charge on any atom is -0.480 e. The predicted octanol–water partition coefficient (Wildman–Crippen LogP) is 0.516. The Morgan fingerprint density at radius 3 is 2.22 bits per heavy atom. The molecule has 0 fully saturated rings. The molecule has 0 aliphatic carbocycles. The molecule has 0 radical (unpaired) electrons. The Morgan fingerprint density at radius 2 is 1.74 bits per heavy atom. The molecule has 10 heteroatoms. The molecule has 1 atom stereocenters. The molecule has 0 aromatic heterocycles. The van der Waals surface area contributed by atoms with Crippen LogP contribution < -0.4 is 9.44 Å². The quantitative estimate of drug-likeness (QED) is 0.585. The second kappa shape index (κ2) is 7.86. The fraction of sp³-hybridized carbons (Fsp3) is 0.462. The first-order valence-electron chi connectivity index (χ1n) is 6.92. The monoisotopic (exact) mass is 364 g/mol. The number of aliphatic carboxylic acids is 1. The second-order valence-corrected chi connectivity index (χ2v) is 8.44. The van der Waals surface area contributed by atoms with E-state index in [-0.39, 0.29) is 16.2 Å². The van der Waals surface area contributed by atoms with Crippen LogP contribution in [0.3, 0.4) is 0 Å². The molecule has 1 rings (SSSR count). The molecular weight excluding hydrogens is 344 g/mol. The van der Waals surface area contributed by atoms with Crippen LogP contribution in [0.25, 0.3) is 0 Å². The van der Waals surface area contributed by atoms with Crippen LogP contribution in [0, 0.1) is 0 Å². The van der Waals surface area contributed by atoms with Gasteiger partial charge in [-0.25, -0.2) is 21.6 Å². The number of benzene rings is 1. The summed E-state index contributed by atoms with van der Waals surface area (Å²) >= 11 is 0. The van der Waals surface area contributed by atoms with Crippen molar-refractivity contribution >= 4 is 26.0 Å². The Bertz CT molecular complexity index is 758. The SMILES string of the molecule is CCCCC(NS(=O)(=O)c1cccc(S(=O)(=O)NC)c1)C(=O)O. The number of carbonyl (C=O) groups is 1. The summed E-state index contributed by atoms with van der Waals surface area (Å²) in [6.45, 7) is 1.86. The third-order valence-electron chi connectivity index (χ3n) is 3.14. The number of hydrogen-bond acceptors (Lipinski definition) is 5. The van der Waals surface area contributed by atoms with Gasteiger partial charge in [-0.3, -0.25) is 4.79 Å². The minimum absolute atomic E-state index is 0.152. The summed E-state index contributed by atoms with van der Waals surface area (Å²) in [5, 5.41) is 9.10. The van der Waals surface area contributed by atoms with Crippen LogP contribution >= 0.6 is 0 Å². The summed E-state index contributed by atoms with van der Waals surface area (Å²) in [7, 11) is -6.74. The van der Waals surface area contributed by atoms with Crippen LogP contribution in [-0.2, 0) is 24.8 Å². The van der Waals surface area contributed by atoms with Crippen LogP contribution in [0.4, 0.5) is 0 Å². The zero-order valence-electron chi connectivity index (χ0n) is 12.8. The molecule has 0 aliphatic heterocycles. The largest absolute Gasteiger partial charge is 0.480 e. The summed E-state index contributed by atoms with van der Waals surface area (Å²) in [5.74, 6) is -1.28. The van der Waals surface area contributed by atoms with Crippen molar-refractivity contribution in [3.63, 3.8) is 0 Å². The molecule has 3 N–H and O–H groups in total. The van der Waals surface area contributed by atoms with Crippen LogP contribution in [0.5, 0.6) is 0 Å². The Hall–Kier alpha value is -1.49. The van der Waals surface area contributed by atoms with Crippen molar-refractivity contribution in [2.45, 2.75) is 42.0 Å². The van der Waals surface area contributed by atoms with Gasteiger partial charge in [-0.1, -0.05) is 25.8 Å². The van der Waals surface area contributed by atoms with Gasteiger partial charge >= 0.3 is 5.97 Å². The number of hydrogen-bond donors (Lipinski definition) is 3. The van der Waals surface area contributed by atoms with E-state index in [9.17, 15) is 21.6 Å². The van der Waals surface area contributed by atoms with E-state index in [2.05, 4.69) is 9.44 Å². The first kappa shape index (κ1) is 19.6. The van der Waals surface area contributed by atoms with Crippen molar-refractivity contribution in [3.05, 3.63) is 24.3 Å². The van der Waals surface area contributed by atoms with E-state index >= 15 is 0 Å². The fourth-order valence-electron chi connectivity index (χ4n) is 1.82. The zero-order valence-corrected chi connectivity index (χ0v) is 14.4. The van der Waals surface area contributed by atoms with E-state index in [1.165, 1.54) is 25.2 Å². The van der Waals surface area contributed by atoms with Crippen LogP contribution in [0.1, 0.15) is 26.2 Å². The molecule has 1 aromatic rings. The normalized spacial score (nSPS) is 13.7. The van der Waals surface area contributed by atoms with E-state index < -0.39 is 32.1 Å². The molecule has 0 spiro atoms. The molecular formula is C13H20N2O6S2. The van der Waals surface area contributed by atoms with Crippen molar-refractivity contribution in [1.82, 2.24) is 9.44 Å². The van der Waals surface area contributed by atoms with Gasteiger partial charge in [-0.15, -0.1) is 0 Å². The fourth-order valence-corrected chi connectivity index (χ4v) is 3.94. The summed E-state index contributed by atoms with van der Waals surface area (Å²) in [5.41, 5.74) is 0. The molecule has 0 aliphatic rings. The van der Waals surface area contributed by atoms with Gasteiger partial charge in [0.05, 0.1) is 9.79 Å². The van der Waals surface area contributed by atoms with Crippen LogP contribution in [-0.4, -0.2) is 41.0 Å². The number of sulfonamides is 2. The number of carboxylic acid groups (broad SMARTS) is 1. The lowest BCUT2D eigenvalue weighted by atomic mass is 10.1. The third kappa shape index (κ3) is 5.27. The smallest absolute Gasteiger partial charge is 0.321 e. The standard InChI is InChI=1S/C13H20N2O6S2/c1-3-4-8-12(13(16)17)15-23(20,21)11-7-5-6-10(9-11)22(18,19)14-2/h5-7,9,12,14-15H,3-4,8H2,1-2H3,(H,16,17). The maximum absolute atomic E-state index is 12.3. The molecule has 0 amide bonds. The van der Waals surface area contributed by atoms with E-state index in [4.69, 9.17) is 5.11 Å². The lowest BCUT2D eigenvalue weighted by molar-refractivity contribution is -0.139. The van der Waals surface area contributed by atoms with Gasteiger partial charge in [0, 0.05) is 0 Å². The maximum atomic E-state index is 12.3. The highest BCUT2D eigenvalue weighted by atomic mass is 32.2. The minimum atomic E-state index is -4.15. The highest BCUT2D eigenvalue weighted by molar-refractivity contribution is 7.90. The second-order valence-electron chi connectivity index (χ2n) is 4.84. The average Bonchev–Trinajstić information content (AvgIpc) is 2.51. The van der Waals surface area contributed by atoms with Crippen molar-refractivity contribution in [1.29, 1.82) is 0 Å². The zero-order chi connectivity index (χ0) is 17.7. The van der Waals surface area contributed by atoms with Crippen LogP contribution in [0.15, 0.2) is 34.1 Å². The van der Waals surface area contributed by atoms with Gasteiger partial charge in [-0.05, 0) is 31.7 Å². The molecule has 23 heavy (non-hydrogen) atoms. The number of unbranched alkanes of at least 4 members (excludes halogenated alkanes) is 1. The summed E-state index contributed by atoms with van der Waals surface area (Å²) in [6, 6.07) is 3.45. The lowest BCUT2D eigenvalue weighted by Crippen LogP contribution is -2.40. The summed E-state index contributed by atoms with van der Waals surface area (Å²) in [4.78, 5) is 10.6. The Balaban J connectivity index is 3.13. The van der Waals surface area contributed by atoms with E-state index in [0.29, 0.717) is 6.42 Å². The number of rotatable bonds is 9. The van der Waals surface area contributed by atoms with Gasteiger partial charge in [0.25, 0.3) is 0 Å². The van der Waals surface area contributed by atoms with Crippen LogP contribution in [0.2, 0.25) is 0 Å². The van der Waals surface area contributed by atoms with Gasteiger partial charge in [0.15, 0.2) is 0 Å². The first-order valence-corrected chi connectivity index (χ1v) is 9.89. The molecule has 0 saturated heterocycles. The lowest BCUT2D eigenvalue weighted by Gasteiger charge is -2.15.